The van der Waals surface area contributed by atoms with E-state index in [1.165, 1.54) is 12.2 Å². The lowest BCUT2D eigenvalue weighted by molar-refractivity contribution is -0.113. The number of imidazole rings is 1. The van der Waals surface area contributed by atoms with Crippen molar-refractivity contribution in [2.75, 3.05) is 0 Å². The quantitative estimate of drug-likeness (QED) is 0.559. The molecule has 1 rings (SSSR count). The molecule has 0 radical (unpaired) electrons. The molecule has 52 valence electrons. The van der Waals surface area contributed by atoms with E-state index in [0.29, 0.717) is 5.82 Å². The molecule has 0 aliphatic rings. The van der Waals surface area contributed by atoms with Crippen molar-refractivity contribution < 1.29 is 4.79 Å². The van der Waals surface area contributed by atoms with Crippen LogP contribution >= 0.6 is 0 Å². The Morgan fingerprint density at radius 3 is 3.10 bits per heavy atom. The monoisotopic (exact) mass is 137 g/mol. The van der Waals surface area contributed by atoms with Crippen LogP contribution in [0.2, 0.25) is 0 Å². The first-order valence-corrected chi connectivity index (χ1v) is 2.76. The number of carbonyl (C=O) groups excluding carboxylic acids is 1. The molecule has 0 unspecified atom stereocenters. The normalized spacial score (nSPS) is 10.4. The molecule has 3 N–H and O–H groups in total. The summed E-state index contributed by atoms with van der Waals surface area (Å²) in [4.78, 5) is 16.8. The molecule has 1 amide bonds. The zero-order valence-corrected chi connectivity index (χ0v) is 5.24. The number of nitrogens with one attached hydrogen (secondary N) is 1. The van der Waals surface area contributed by atoms with E-state index in [2.05, 4.69) is 9.97 Å². The van der Waals surface area contributed by atoms with Crippen LogP contribution in [0.5, 0.6) is 0 Å². The maximum Gasteiger partial charge on any atom is 0.241 e. The maximum atomic E-state index is 10.2. The Bertz CT molecular complexity index is 238. The Kier molecular flexibility index (Phi) is 1.84. The van der Waals surface area contributed by atoms with Gasteiger partial charge in [0.15, 0.2) is 0 Å². The Morgan fingerprint density at radius 2 is 2.60 bits per heavy atom. The number of rotatable bonds is 2. The molecule has 0 fully saturated rings. The van der Waals surface area contributed by atoms with E-state index in [1.807, 2.05) is 0 Å². The lowest BCUT2D eigenvalue weighted by Crippen LogP contribution is -2.05. The van der Waals surface area contributed by atoms with Gasteiger partial charge in [-0.05, 0) is 6.08 Å². The molecular formula is C6H7N3O. The summed E-state index contributed by atoms with van der Waals surface area (Å²) in [5.41, 5.74) is 4.84. The molecule has 4 nitrogen and oxygen atoms in total. The van der Waals surface area contributed by atoms with Gasteiger partial charge in [0, 0.05) is 18.5 Å². The highest BCUT2D eigenvalue weighted by atomic mass is 16.1. The molecule has 0 atom stereocenters. The van der Waals surface area contributed by atoms with Gasteiger partial charge in [-0.15, -0.1) is 0 Å². The second kappa shape index (κ2) is 2.82. The predicted octanol–water partition coefficient (Wildman–Crippen LogP) is -0.0918. The van der Waals surface area contributed by atoms with Crippen molar-refractivity contribution in [3.8, 4) is 0 Å². The van der Waals surface area contributed by atoms with Crippen LogP contribution < -0.4 is 5.73 Å². The molecule has 0 saturated heterocycles. The minimum atomic E-state index is -0.476. The number of nitrogens with two attached hydrogens (primary N) is 1. The fourth-order valence-electron chi connectivity index (χ4n) is 0.530. The Morgan fingerprint density at radius 1 is 1.80 bits per heavy atom. The zero-order chi connectivity index (χ0) is 7.40. The molecular weight excluding hydrogens is 130 g/mol. The molecule has 1 aromatic rings. The van der Waals surface area contributed by atoms with Gasteiger partial charge in [-0.1, -0.05) is 0 Å². The summed E-state index contributed by atoms with van der Waals surface area (Å²) in [5.74, 6) is 0.148. The Labute approximate surface area is 57.8 Å². The Balaban J connectivity index is 2.64. The molecule has 0 saturated carbocycles. The van der Waals surface area contributed by atoms with Crippen molar-refractivity contribution in [2.45, 2.75) is 0 Å². The van der Waals surface area contributed by atoms with E-state index in [4.69, 9.17) is 5.73 Å². The number of carbonyl (C=O) groups is 1. The minimum Gasteiger partial charge on any atom is -0.366 e. The average Bonchev–Trinajstić information content (AvgIpc) is 2.34. The summed E-state index contributed by atoms with van der Waals surface area (Å²) >= 11 is 0. The highest BCUT2D eigenvalue weighted by Gasteiger charge is 1.86. The van der Waals surface area contributed by atoms with Crippen LogP contribution in [0.3, 0.4) is 0 Å². The van der Waals surface area contributed by atoms with E-state index in [-0.39, 0.29) is 0 Å². The second-order valence-electron chi connectivity index (χ2n) is 1.71. The summed E-state index contributed by atoms with van der Waals surface area (Å²) in [7, 11) is 0. The number of hydrogen-bond donors (Lipinski definition) is 2. The lowest BCUT2D eigenvalue weighted by Gasteiger charge is -1.79. The van der Waals surface area contributed by atoms with Gasteiger partial charge >= 0.3 is 0 Å². The maximum absolute atomic E-state index is 10.2. The molecule has 0 aromatic carbocycles. The van der Waals surface area contributed by atoms with Crippen LogP contribution in [0.15, 0.2) is 18.5 Å². The van der Waals surface area contributed by atoms with Gasteiger partial charge in [-0.25, -0.2) is 4.98 Å². The van der Waals surface area contributed by atoms with Gasteiger partial charge in [0.1, 0.15) is 5.82 Å². The first-order valence-electron chi connectivity index (χ1n) is 2.76. The fraction of sp³-hybridized carbons (Fsp3) is 0. The van der Waals surface area contributed by atoms with Crippen LogP contribution in [-0.4, -0.2) is 15.9 Å². The third-order valence-electron chi connectivity index (χ3n) is 0.925. The predicted molar refractivity (Wildman–Crippen MR) is 36.8 cm³/mol. The number of primary amides is 1. The minimum absolute atomic E-state index is 0.476. The van der Waals surface area contributed by atoms with Crippen LogP contribution in [0.4, 0.5) is 0 Å². The van der Waals surface area contributed by atoms with Crippen molar-refractivity contribution in [3.05, 3.63) is 24.3 Å². The number of aromatic amines is 1. The van der Waals surface area contributed by atoms with Crippen LogP contribution in [0, 0.1) is 0 Å². The first-order chi connectivity index (χ1) is 4.79. The van der Waals surface area contributed by atoms with Crippen LogP contribution in [0.1, 0.15) is 5.82 Å². The van der Waals surface area contributed by atoms with Crippen molar-refractivity contribution >= 4 is 12.0 Å². The second-order valence-corrected chi connectivity index (χ2v) is 1.71. The highest BCUT2D eigenvalue weighted by molar-refractivity contribution is 5.89. The SMILES string of the molecule is NC(=O)C=Cc1ncc[nH]1. The molecule has 0 spiro atoms. The van der Waals surface area contributed by atoms with Crippen molar-refractivity contribution in [3.63, 3.8) is 0 Å². The van der Waals surface area contributed by atoms with E-state index in [1.54, 1.807) is 12.4 Å². The highest BCUT2D eigenvalue weighted by Crippen LogP contribution is 1.89. The number of nitrogens with zero attached hydrogens (tertiary/aromatic N) is 1. The van der Waals surface area contributed by atoms with E-state index in [9.17, 15) is 4.79 Å². The van der Waals surface area contributed by atoms with Gasteiger partial charge in [-0.3, -0.25) is 4.79 Å². The largest absolute Gasteiger partial charge is 0.366 e. The summed E-state index contributed by atoms with van der Waals surface area (Å²) in [6, 6.07) is 0. The smallest absolute Gasteiger partial charge is 0.241 e. The molecule has 1 aromatic heterocycles. The van der Waals surface area contributed by atoms with Gasteiger partial charge in [0.25, 0.3) is 0 Å². The fourth-order valence-corrected chi connectivity index (χ4v) is 0.530. The standard InChI is InChI=1S/C6H7N3O/c7-5(10)1-2-6-8-3-4-9-6/h1-4H,(H2,7,10)(H,8,9). The number of H-pyrrole nitrogens is 1. The van der Waals surface area contributed by atoms with Gasteiger partial charge < -0.3 is 10.7 Å². The first kappa shape index (κ1) is 6.54. The van der Waals surface area contributed by atoms with Gasteiger partial charge in [0.05, 0.1) is 0 Å². The van der Waals surface area contributed by atoms with Gasteiger partial charge in [0.2, 0.25) is 5.91 Å². The number of aromatic nitrogens is 2. The van der Waals surface area contributed by atoms with Gasteiger partial charge in [-0.2, -0.15) is 0 Å². The number of hydrogen-bond acceptors (Lipinski definition) is 2. The molecule has 0 aliphatic heterocycles. The molecule has 1 heterocycles. The molecule has 10 heavy (non-hydrogen) atoms. The third-order valence-corrected chi connectivity index (χ3v) is 0.925. The average molecular weight is 137 g/mol. The van der Waals surface area contributed by atoms with Crippen molar-refractivity contribution in [2.24, 2.45) is 5.73 Å². The third kappa shape index (κ3) is 1.74. The van der Waals surface area contributed by atoms with E-state index >= 15 is 0 Å². The number of amides is 1. The van der Waals surface area contributed by atoms with E-state index in [0.717, 1.165) is 0 Å². The summed E-state index contributed by atoms with van der Waals surface area (Å²) in [6.07, 6.45) is 6.03. The summed E-state index contributed by atoms with van der Waals surface area (Å²) in [6.45, 7) is 0. The molecule has 4 heteroatoms. The lowest BCUT2D eigenvalue weighted by atomic mass is 10.5. The molecule has 0 aliphatic carbocycles. The van der Waals surface area contributed by atoms with Crippen LogP contribution in [-0.2, 0) is 4.79 Å². The molecule has 0 bridgehead atoms. The zero-order valence-electron chi connectivity index (χ0n) is 5.24. The summed E-state index contributed by atoms with van der Waals surface area (Å²) < 4.78 is 0. The summed E-state index contributed by atoms with van der Waals surface area (Å²) in [5, 5.41) is 0. The topological polar surface area (TPSA) is 71.8 Å². The Hall–Kier alpha value is -1.58. The van der Waals surface area contributed by atoms with Crippen molar-refractivity contribution in [1.29, 1.82) is 0 Å². The van der Waals surface area contributed by atoms with E-state index < -0.39 is 5.91 Å². The van der Waals surface area contributed by atoms with Crippen LogP contribution in [0.25, 0.3) is 6.08 Å². The van der Waals surface area contributed by atoms with Crippen molar-refractivity contribution in [1.82, 2.24) is 9.97 Å².